The summed E-state index contributed by atoms with van der Waals surface area (Å²) in [5.74, 6) is 0. The Balaban J connectivity index is 2.37. The number of likely N-dealkylation sites (tertiary alicyclic amines) is 1. The fourth-order valence-corrected chi connectivity index (χ4v) is 3.40. The summed E-state index contributed by atoms with van der Waals surface area (Å²) in [5.41, 5.74) is 0.628. The molecule has 0 unspecified atom stereocenters. The third-order valence-electron chi connectivity index (χ3n) is 3.81. The van der Waals surface area contributed by atoms with Crippen molar-refractivity contribution in [3.05, 3.63) is 0 Å². The van der Waals surface area contributed by atoms with E-state index in [1.54, 1.807) is 7.11 Å². The van der Waals surface area contributed by atoms with Crippen molar-refractivity contribution in [1.29, 1.82) is 0 Å². The van der Waals surface area contributed by atoms with Gasteiger partial charge in [-0.25, -0.2) is 0 Å². The maximum Gasteiger partial charge on any atom is 0.0513 e. The first kappa shape index (κ1) is 15.9. The van der Waals surface area contributed by atoms with Crippen LogP contribution in [0.15, 0.2) is 0 Å². The van der Waals surface area contributed by atoms with Crippen molar-refractivity contribution in [1.82, 2.24) is 9.80 Å². The van der Waals surface area contributed by atoms with Crippen LogP contribution in [0.3, 0.4) is 0 Å². The lowest BCUT2D eigenvalue weighted by atomic mass is 9.75. The number of ether oxygens (including phenoxy) is 1. The molecule has 0 bridgehead atoms. The lowest BCUT2D eigenvalue weighted by molar-refractivity contribution is 0.00847. The molecule has 1 aliphatic heterocycles. The quantitative estimate of drug-likeness (QED) is 0.695. The molecular weight excluding hydrogens is 224 g/mol. The summed E-state index contributed by atoms with van der Waals surface area (Å²) in [6.45, 7) is 13.9. The van der Waals surface area contributed by atoms with Gasteiger partial charge in [0.25, 0.3) is 0 Å². The first-order chi connectivity index (χ1) is 8.15. The SMILES string of the molecule is COCC(C)(C)CC(C)(C)CN1CC(N(C)C)C1. The molecule has 18 heavy (non-hydrogen) atoms. The highest BCUT2D eigenvalue weighted by atomic mass is 16.5. The topological polar surface area (TPSA) is 15.7 Å². The molecule has 1 aliphatic rings. The summed E-state index contributed by atoms with van der Waals surface area (Å²) < 4.78 is 5.33. The second-order valence-corrected chi connectivity index (χ2v) is 7.75. The van der Waals surface area contributed by atoms with E-state index in [0.29, 0.717) is 5.41 Å². The molecule has 0 N–H and O–H groups in total. The van der Waals surface area contributed by atoms with Gasteiger partial charge in [0, 0.05) is 32.8 Å². The van der Waals surface area contributed by atoms with Crippen molar-refractivity contribution < 1.29 is 4.74 Å². The fourth-order valence-electron chi connectivity index (χ4n) is 3.40. The van der Waals surface area contributed by atoms with Gasteiger partial charge in [0.05, 0.1) is 6.61 Å². The lowest BCUT2D eigenvalue weighted by Crippen LogP contribution is -2.59. The van der Waals surface area contributed by atoms with Gasteiger partial charge in [0.15, 0.2) is 0 Å². The molecule has 0 saturated carbocycles. The van der Waals surface area contributed by atoms with Gasteiger partial charge >= 0.3 is 0 Å². The highest BCUT2D eigenvalue weighted by molar-refractivity contribution is 4.90. The van der Waals surface area contributed by atoms with Crippen LogP contribution in [-0.4, -0.2) is 63.3 Å². The van der Waals surface area contributed by atoms with Crippen LogP contribution in [0.4, 0.5) is 0 Å². The minimum absolute atomic E-state index is 0.268. The average Bonchev–Trinajstić information content (AvgIpc) is 2.07. The predicted molar refractivity (Wildman–Crippen MR) is 78.0 cm³/mol. The molecule has 0 amide bonds. The van der Waals surface area contributed by atoms with E-state index in [1.807, 2.05) is 0 Å². The molecule has 0 aromatic heterocycles. The Labute approximate surface area is 113 Å². The fraction of sp³-hybridized carbons (Fsp3) is 1.00. The van der Waals surface area contributed by atoms with E-state index < -0.39 is 0 Å². The summed E-state index contributed by atoms with van der Waals surface area (Å²) >= 11 is 0. The maximum absolute atomic E-state index is 5.33. The van der Waals surface area contributed by atoms with Crippen LogP contribution in [0.1, 0.15) is 34.1 Å². The van der Waals surface area contributed by atoms with E-state index in [1.165, 1.54) is 26.1 Å². The van der Waals surface area contributed by atoms with Crippen LogP contribution in [0, 0.1) is 10.8 Å². The number of likely N-dealkylation sites (N-methyl/N-ethyl adjacent to an activating group) is 1. The van der Waals surface area contributed by atoms with E-state index in [9.17, 15) is 0 Å². The van der Waals surface area contributed by atoms with Gasteiger partial charge < -0.3 is 9.64 Å². The number of hydrogen-bond donors (Lipinski definition) is 0. The largest absolute Gasteiger partial charge is 0.384 e. The lowest BCUT2D eigenvalue weighted by Gasteiger charge is -2.47. The number of rotatable bonds is 7. The molecular formula is C15H32N2O. The van der Waals surface area contributed by atoms with Crippen LogP contribution < -0.4 is 0 Å². The normalized spacial score (nSPS) is 19.3. The summed E-state index contributed by atoms with van der Waals surface area (Å²) in [7, 11) is 6.15. The molecule has 1 heterocycles. The molecule has 1 saturated heterocycles. The Bertz CT molecular complexity index is 255. The van der Waals surface area contributed by atoms with Crippen LogP contribution in [0.2, 0.25) is 0 Å². The Morgan fingerprint density at radius 3 is 2.11 bits per heavy atom. The first-order valence-corrected chi connectivity index (χ1v) is 7.03. The molecule has 0 spiro atoms. The zero-order chi connectivity index (χ0) is 14.0. The van der Waals surface area contributed by atoms with Crippen molar-refractivity contribution in [3.8, 4) is 0 Å². The van der Waals surface area contributed by atoms with Gasteiger partial charge in [-0.15, -0.1) is 0 Å². The molecule has 0 aromatic carbocycles. The maximum atomic E-state index is 5.33. The van der Waals surface area contributed by atoms with Gasteiger partial charge in [-0.3, -0.25) is 4.90 Å². The Morgan fingerprint density at radius 1 is 1.11 bits per heavy atom. The van der Waals surface area contributed by atoms with Gasteiger partial charge in [-0.1, -0.05) is 27.7 Å². The third kappa shape index (κ3) is 4.87. The van der Waals surface area contributed by atoms with Gasteiger partial charge in [-0.2, -0.15) is 0 Å². The van der Waals surface area contributed by atoms with E-state index in [2.05, 4.69) is 51.6 Å². The summed E-state index contributed by atoms with van der Waals surface area (Å²) in [5, 5.41) is 0. The molecule has 0 aliphatic carbocycles. The summed E-state index contributed by atoms with van der Waals surface area (Å²) in [4.78, 5) is 4.91. The van der Waals surface area contributed by atoms with E-state index >= 15 is 0 Å². The Kier molecular flexibility index (Phi) is 5.22. The molecule has 0 radical (unpaired) electrons. The minimum Gasteiger partial charge on any atom is -0.384 e. The second kappa shape index (κ2) is 5.89. The molecule has 0 atom stereocenters. The van der Waals surface area contributed by atoms with Crippen LogP contribution in [0.5, 0.6) is 0 Å². The second-order valence-electron chi connectivity index (χ2n) is 7.75. The van der Waals surface area contributed by atoms with Gasteiger partial charge in [0.2, 0.25) is 0 Å². The van der Waals surface area contributed by atoms with Crippen molar-refractivity contribution in [2.75, 3.05) is 47.4 Å². The smallest absolute Gasteiger partial charge is 0.0513 e. The van der Waals surface area contributed by atoms with E-state index in [4.69, 9.17) is 4.74 Å². The first-order valence-electron chi connectivity index (χ1n) is 7.03. The zero-order valence-corrected chi connectivity index (χ0v) is 13.4. The summed E-state index contributed by atoms with van der Waals surface area (Å²) in [6, 6.07) is 0.757. The molecule has 108 valence electrons. The van der Waals surface area contributed by atoms with Crippen molar-refractivity contribution in [2.24, 2.45) is 10.8 Å². The average molecular weight is 256 g/mol. The number of methoxy groups -OCH3 is 1. The highest BCUT2D eigenvalue weighted by Gasteiger charge is 2.35. The van der Waals surface area contributed by atoms with Crippen molar-refractivity contribution >= 4 is 0 Å². The molecule has 1 rings (SSSR count). The highest BCUT2D eigenvalue weighted by Crippen LogP contribution is 2.35. The van der Waals surface area contributed by atoms with Crippen LogP contribution in [0.25, 0.3) is 0 Å². The third-order valence-corrected chi connectivity index (χ3v) is 3.81. The Hall–Kier alpha value is -0.120. The predicted octanol–water partition coefficient (Wildman–Crippen LogP) is 2.32. The van der Waals surface area contributed by atoms with Gasteiger partial charge in [0.1, 0.15) is 0 Å². The molecule has 3 heteroatoms. The standard InChI is InChI=1S/C15H32N2O/c1-14(2,10-15(3,4)12-18-7)11-17-8-13(9-17)16(5)6/h13H,8-12H2,1-7H3. The Morgan fingerprint density at radius 2 is 1.67 bits per heavy atom. The van der Waals surface area contributed by atoms with E-state index in [-0.39, 0.29) is 5.41 Å². The zero-order valence-electron chi connectivity index (χ0n) is 13.4. The van der Waals surface area contributed by atoms with Crippen molar-refractivity contribution in [2.45, 2.75) is 40.2 Å². The minimum atomic E-state index is 0.268. The number of nitrogens with zero attached hydrogens (tertiary/aromatic N) is 2. The molecule has 0 aromatic rings. The molecule has 3 nitrogen and oxygen atoms in total. The van der Waals surface area contributed by atoms with Crippen LogP contribution in [-0.2, 0) is 4.74 Å². The monoisotopic (exact) mass is 256 g/mol. The summed E-state index contributed by atoms with van der Waals surface area (Å²) in [6.07, 6.45) is 1.21. The van der Waals surface area contributed by atoms with Crippen molar-refractivity contribution in [3.63, 3.8) is 0 Å². The van der Waals surface area contributed by atoms with E-state index in [0.717, 1.165) is 12.6 Å². The van der Waals surface area contributed by atoms with Gasteiger partial charge in [-0.05, 0) is 31.3 Å². The van der Waals surface area contributed by atoms with Crippen LogP contribution >= 0.6 is 0 Å². The molecule has 1 fully saturated rings. The number of hydrogen-bond acceptors (Lipinski definition) is 3.